The largest absolute Gasteiger partial charge is 0.332 e. The van der Waals surface area contributed by atoms with E-state index in [2.05, 4.69) is 20.6 Å². The zero-order valence-electron chi connectivity index (χ0n) is 15.9. The Morgan fingerprint density at radius 2 is 1.93 bits per heavy atom. The number of rotatable bonds is 5. The summed E-state index contributed by atoms with van der Waals surface area (Å²) in [4.78, 5) is 28.8. The second-order valence-electron chi connectivity index (χ2n) is 6.56. The molecule has 9 heteroatoms. The number of hydrogen-bond acceptors (Lipinski definition) is 6. The molecule has 1 N–H and O–H groups in total. The van der Waals surface area contributed by atoms with Gasteiger partial charge in [-0.2, -0.15) is 10.1 Å². The molecule has 2 aromatic heterocycles. The van der Waals surface area contributed by atoms with E-state index in [0.717, 1.165) is 15.8 Å². The van der Waals surface area contributed by atoms with E-state index in [1.807, 2.05) is 25.1 Å². The van der Waals surface area contributed by atoms with Crippen molar-refractivity contribution in [2.75, 3.05) is 5.32 Å². The van der Waals surface area contributed by atoms with Crippen molar-refractivity contribution in [3.05, 3.63) is 81.6 Å². The fourth-order valence-corrected chi connectivity index (χ4v) is 2.91. The first-order valence-electron chi connectivity index (χ1n) is 9.03. The smallest absolute Gasteiger partial charge is 0.278 e. The average Bonchev–Trinajstić information content (AvgIpc) is 3.20. The van der Waals surface area contributed by atoms with Crippen LogP contribution in [0.5, 0.6) is 0 Å². The number of carbonyl (C=O) groups excluding carboxylic acids is 1. The second kappa shape index (κ2) is 8.30. The van der Waals surface area contributed by atoms with E-state index in [1.165, 1.54) is 12.1 Å². The molecule has 1 amide bonds. The van der Waals surface area contributed by atoms with Gasteiger partial charge >= 0.3 is 0 Å². The summed E-state index contributed by atoms with van der Waals surface area (Å²) in [6.07, 6.45) is 0. The summed E-state index contributed by atoms with van der Waals surface area (Å²) in [5.74, 6) is 0.117. The lowest BCUT2D eigenvalue weighted by molar-refractivity contribution is -0.117. The third kappa shape index (κ3) is 4.44. The van der Waals surface area contributed by atoms with Gasteiger partial charge in [-0.15, -0.1) is 0 Å². The summed E-state index contributed by atoms with van der Waals surface area (Å²) in [6, 6.07) is 17.1. The van der Waals surface area contributed by atoms with Gasteiger partial charge in [-0.3, -0.25) is 9.59 Å². The van der Waals surface area contributed by atoms with Crippen LogP contribution in [0.4, 0.5) is 5.69 Å². The number of hydrogen-bond donors (Lipinski definition) is 1. The number of halogens is 1. The van der Waals surface area contributed by atoms with Gasteiger partial charge in [0.25, 0.3) is 11.4 Å². The van der Waals surface area contributed by atoms with Crippen LogP contribution in [0, 0.1) is 6.92 Å². The van der Waals surface area contributed by atoms with Gasteiger partial charge in [-0.25, -0.2) is 4.68 Å². The molecule has 0 atom stereocenters. The number of amides is 1. The van der Waals surface area contributed by atoms with Gasteiger partial charge in [0, 0.05) is 22.3 Å². The topological polar surface area (TPSA) is 103 Å². The molecule has 4 rings (SSSR count). The Morgan fingerprint density at radius 1 is 1.13 bits per heavy atom. The number of benzene rings is 2. The van der Waals surface area contributed by atoms with Crippen LogP contribution < -0.4 is 10.9 Å². The highest BCUT2D eigenvalue weighted by molar-refractivity contribution is 6.30. The molecule has 0 aliphatic carbocycles. The quantitative estimate of drug-likeness (QED) is 0.528. The molecule has 0 saturated heterocycles. The maximum absolute atomic E-state index is 12.3. The van der Waals surface area contributed by atoms with E-state index >= 15 is 0 Å². The summed E-state index contributed by atoms with van der Waals surface area (Å²) < 4.78 is 6.32. The van der Waals surface area contributed by atoms with Crippen molar-refractivity contribution in [1.29, 1.82) is 0 Å². The molecule has 30 heavy (non-hydrogen) atoms. The molecule has 0 radical (unpaired) electrons. The lowest BCUT2D eigenvalue weighted by Gasteiger charge is -2.07. The molecule has 150 valence electrons. The molecule has 2 heterocycles. The molecule has 8 nitrogen and oxygen atoms in total. The molecule has 0 saturated carbocycles. The Balaban J connectivity index is 1.54. The molecule has 0 fully saturated rings. The number of aromatic nitrogens is 4. The Morgan fingerprint density at radius 3 is 2.70 bits per heavy atom. The van der Waals surface area contributed by atoms with Crippen molar-refractivity contribution in [2.45, 2.75) is 13.5 Å². The van der Waals surface area contributed by atoms with Crippen LogP contribution in [0.2, 0.25) is 5.02 Å². The zero-order valence-corrected chi connectivity index (χ0v) is 16.6. The fraction of sp³-hybridized carbons (Fsp3) is 0.0952. The summed E-state index contributed by atoms with van der Waals surface area (Å²) >= 11 is 5.89. The van der Waals surface area contributed by atoms with E-state index < -0.39 is 5.56 Å². The molecule has 0 spiro atoms. The lowest BCUT2D eigenvalue weighted by atomic mass is 10.2. The SMILES string of the molecule is Cc1cccc(NC(=O)Cn2nc(-c3nc(-c4ccc(Cl)cc4)no3)ccc2=O)c1. The Bertz CT molecular complexity index is 1260. The Labute approximate surface area is 176 Å². The summed E-state index contributed by atoms with van der Waals surface area (Å²) in [6.45, 7) is 1.67. The Kier molecular flexibility index (Phi) is 5.40. The van der Waals surface area contributed by atoms with E-state index in [9.17, 15) is 9.59 Å². The summed E-state index contributed by atoms with van der Waals surface area (Å²) in [5.41, 5.74) is 2.24. The Hall–Kier alpha value is -3.78. The highest BCUT2D eigenvalue weighted by atomic mass is 35.5. The number of anilines is 1. The van der Waals surface area contributed by atoms with Crippen molar-refractivity contribution < 1.29 is 9.32 Å². The van der Waals surface area contributed by atoms with Gasteiger partial charge in [0.15, 0.2) is 0 Å². The van der Waals surface area contributed by atoms with E-state index in [-0.39, 0.29) is 24.0 Å². The minimum Gasteiger partial charge on any atom is -0.332 e. The van der Waals surface area contributed by atoms with Crippen molar-refractivity contribution >= 4 is 23.2 Å². The third-order valence-corrected chi connectivity index (χ3v) is 4.46. The van der Waals surface area contributed by atoms with Gasteiger partial charge < -0.3 is 9.84 Å². The maximum atomic E-state index is 12.3. The number of carbonyl (C=O) groups is 1. The summed E-state index contributed by atoms with van der Waals surface area (Å²) in [7, 11) is 0. The van der Waals surface area contributed by atoms with E-state index in [1.54, 1.807) is 30.3 Å². The molecule has 2 aromatic carbocycles. The monoisotopic (exact) mass is 421 g/mol. The van der Waals surface area contributed by atoms with Crippen LogP contribution in [-0.4, -0.2) is 25.8 Å². The van der Waals surface area contributed by atoms with E-state index in [4.69, 9.17) is 16.1 Å². The molecule has 0 unspecified atom stereocenters. The van der Waals surface area contributed by atoms with Gasteiger partial charge in [-0.05, 0) is 55.0 Å². The maximum Gasteiger partial charge on any atom is 0.278 e. The number of nitrogens with one attached hydrogen (secondary N) is 1. The van der Waals surface area contributed by atoms with Crippen molar-refractivity contribution in [1.82, 2.24) is 19.9 Å². The first-order valence-corrected chi connectivity index (χ1v) is 9.40. The van der Waals surface area contributed by atoms with Crippen molar-refractivity contribution in [2.24, 2.45) is 0 Å². The van der Waals surface area contributed by atoms with Crippen LogP contribution in [-0.2, 0) is 11.3 Å². The molecule has 0 aliphatic rings. The van der Waals surface area contributed by atoms with Gasteiger partial charge in [0.1, 0.15) is 12.2 Å². The van der Waals surface area contributed by atoms with Crippen LogP contribution in [0.3, 0.4) is 0 Å². The van der Waals surface area contributed by atoms with Crippen LogP contribution >= 0.6 is 11.6 Å². The van der Waals surface area contributed by atoms with Crippen LogP contribution in [0.1, 0.15) is 5.56 Å². The van der Waals surface area contributed by atoms with Crippen molar-refractivity contribution in [3.63, 3.8) is 0 Å². The molecule has 4 aromatic rings. The van der Waals surface area contributed by atoms with Gasteiger partial charge in [0.05, 0.1) is 0 Å². The average molecular weight is 422 g/mol. The lowest BCUT2D eigenvalue weighted by Crippen LogP contribution is -2.29. The molecular weight excluding hydrogens is 406 g/mol. The minimum atomic E-state index is -0.421. The highest BCUT2D eigenvalue weighted by Crippen LogP contribution is 2.21. The number of nitrogens with zero attached hydrogens (tertiary/aromatic N) is 4. The van der Waals surface area contributed by atoms with Crippen molar-refractivity contribution in [3.8, 4) is 23.0 Å². The number of aryl methyl sites for hydroxylation is 1. The van der Waals surface area contributed by atoms with Gasteiger partial charge in [-0.1, -0.05) is 28.9 Å². The second-order valence-corrected chi connectivity index (χ2v) is 7.00. The predicted molar refractivity (Wildman–Crippen MR) is 112 cm³/mol. The fourth-order valence-electron chi connectivity index (χ4n) is 2.78. The zero-order chi connectivity index (χ0) is 21.1. The first-order chi connectivity index (χ1) is 14.5. The minimum absolute atomic E-state index is 0.132. The van der Waals surface area contributed by atoms with Gasteiger partial charge in [0.2, 0.25) is 11.7 Å². The third-order valence-electron chi connectivity index (χ3n) is 4.21. The van der Waals surface area contributed by atoms with Crippen LogP contribution in [0.15, 0.2) is 70.0 Å². The standard InChI is InChI=1S/C21H16ClN5O3/c1-13-3-2-4-16(11-13)23-18(28)12-27-19(29)10-9-17(25-27)21-24-20(26-30-21)14-5-7-15(22)8-6-14/h2-11H,12H2,1H3,(H,23,28). The summed E-state index contributed by atoms with van der Waals surface area (Å²) in [5, 5.41) is 11.5. The van der Waals surface area contributed by atoms with Crippen LogP contribution in [0.25, 0.3) is 23.0 Å². The first kappa shape index (κ1) is 19.5. The highest BCUT2D eigenvalue weighted by Gasteiger charge is 2.14. The molecule has 0 bridgehead atoms. The normalized spacial score (nSPS) is 10.7. The molecule has 0 aliphatic heterocycles. The predicted octanol–water partition coefficient (Wildman–Crippen LogP) is 3.56. The van der Waals surface area contributed by atoms with E-state index in [0.29, 0.717) is 16.5 Å². The molecular formula is C21H16ClN5O3.